The molecule has 9 heteroatoms. The Morgan fingerprint density at radius 2 is 1.74 bits per heavy atom. The lowest BCUT2D eigenvalue weighted by Gasteiger charge is -2.20. The molecule has 7 nitrogen and oxygen atoms in total. The Hall–Kier alpha value is -2.01. The summed E-state index contributed by atoms with van der Waals surface area (Å²) in [7, 11) is 1.52. The Balaban J connectivity index is 0.00000480. The smallest absolute Gasteiger partial charge is 0.191 e. The minimum absolute atomic E-state index is 0. The van der Waals surface area contributed by atoms with Crippen molar-refractivity contribution >= 4 is 39.8 Å². The summed E-state index contributed by atoms with van der Waals surface area (Å²) in [6, 6.07) is 14.1. The van der Waals surface area contributed by atoms with Crippen LogP contribution in [0.4, 0.5) is 0 Å². The average molecular weight is 561 g/mol. The van der Waals surface area contributed by atoms with E-state index in [2.05, 4.69) is 15.6 Å². The second kappa shape index (κ2) is 13.4. The van der Waals surface area contributed by atoms with Gasteiger partial charge in [0.25, 0.3) is 0 Å². The fraction of sp³-hybridized carbons (Fsp3) is 0.409. The fourth-order valence-electron chi connectivity index (χ4n) is 3.00. The number of hydrogen-bond donors (Lipinski definition) is 2. The molecule has 172 valence electrons. The second-order valence-electron chi connectivity index (χ2n) is 6.78. The van der Waals surface area contributed by atoms with E-state index in [0.717, 1.165) is 12.0 Å². The lowest BCUT2D eigenvalue weighted by atomic mass is 10.1. The zero-order chi connectivity index (χ0) is 22.0. The van der Waals surface area contributed by atoms with Gasteiger partial charge in [-0.15, -0.1) is 24.0 Å². The maximum Gasteiger partial charge on any atom is 0.191 e. The minimum Gasteiger partial charge on any atom is -0.493 e. The molecule has 2 aromatic carbocycles. The maximum atomic E-state index is 12.7. The molecular weight excluding hydrogens is 529 g/mol. The molecule has 1 unspecified atom stereocenters. The van der Waals surface area contributed by atoms with E-state index >= 15 is 0 Å². The summed E-state index contributed by atoms with van der Waals surface area (Å²) in [5, 5.41) is 6.47. The molecule has 0 radical (unpaired) electrons. The summed E-state index contributed by atoms with van der Waals surface area (Å²) in [5.41, 5.74) is 1.09. The van der Waals surface area contributed by atoms with E-state index in [4.69, 9.17) is 9.47 Å². The Morgan fingerprint density at radius 3 is 2.32 bits per heavy atom. The van der Waals surface area contributed by atoms with E-state index in [1.807, 2.05) is 25.1 Å². The summed E-state index contributed by atoms with van der Waals surface area (Å²) < 4.78 is 35.9. The van der Waals surface area contributed by atoms with Gasteiger partial charge in [-0.2, -0.15) is 0 Å². The Kier molecular flexibility index (Phi) is 11.7. The Labute approximate surface area is 202 Å². The first-order chi connectivity index (χ1) is 14.4. The average Bonchev–Trinajstić information content (AvgIpc) is 2.77. The van der Waals surface area contributed by atoms with Crippen LogP contribution in [-0.4, -0.2) is 54.0 Å². The van der Waals surface area contributed by atoms with Crippen LogP contribution in [0.2, 0.25) is 0 Å². The number of aliphatic imine (C=N–C) groups is 1. The van der Waals surface area contributed by atoms with Crippen LogP contribution in [0, 0.1) is 0 Å². The number of nitrogens with one attached hydrogen (secondary N) is 2. The molecular formula is C22H32IN3O4S. The zero-order valence-corrected chi connectivity index (χ0v) is 21.6. The van der Waals surface area contributed by atoms with E-state index in [0.29, 0.717) is 35.3 Å². The van der Waals surface area contributed by atoms with Crippen LogP contribution in [0.25, 0.3) is 0 Å². The van der Waals surface area contributed by atoms with Crippen molar-refractivity contribution in [1.82, 2.24) is 10.6 Å². The van der Waals surface area contributed by atoms with Crippen molar-refractivity contribution in [2.24, 2.45) is 4.99 Å². The minimum atomic E-state index is -3.37. The van der Waals surface area contributed by atoms with Crippen LogP contribution in [0.15, 0.2) is 58.4 Å². The number of sulfone groups is 1. The van der Waals surface area contributed by atoms with Gasteiger partial charge in [0.15, 0.2) is 27.3 Å². The predicted octanol–water partition coefficient (Wildman–Crippen LogP) is 3.28. The number of halogens is 1. The van der Waals surface area contributed by atoms with Gasteiger partial charge in [-0.05, 0) is 42.7 Å². The van der Waals surface area contributed by atoms with E-state index in [9.17, 15) is 8.42 Å². The molecule has 0 fully saturated rings. The lowest BCUT2D eigenvalue weighted by molar-refractivity contribution is 0.354. The van der Waals surface area contributed by atoms with Crippen molar-refractivity contribution in [2.75, 3.05) is 33.6 Å². The molecule has 0 aliphatic rings. The van der Waals surface area contributed by atoms with Gasteiger partial charge in [0.2, 0.25) is 0 Å². The Morgan fingerprint density at radius 1 is 1.06 bits per heavy atom. The summed E-state index contributed by atoms with van der Waals surface area (Å²) in [5.74, 6) is 1.96. The van der Waals surface area contributed by atoms with E-state index in [1.54, 1.807) is 51.6 Å². The van der Waals surface area contributed by atoms with Gasteiger partial charge < -0.3 is 20.1 Å². The SMILES string of the molecule is CCC(CS(=O)(=O)c1ccccc1)NC(=NC)NCCc1ccc(OC)c(OC)c1.I. The van der Waals surface area contributed by atoms with Gasteiger partial charge in [-0.1, -0.05) is 31.2 Å². The normalized spacial score (nSPS) is 12.5. The van der Waals surface area contributed by atoms with Crippen molar-refractivity contribution in [3.63, 3.8) is 0 Å². The number of hydrogen-bond acceptors (Lipinski definition) is 5. The van der Waals surface area contributed by atoms with Crippen molar-refractivity contribution in [3.8, 4) is 11.5 Å². The van der Waals surface area contributed by atoms with Crippen LogP contribution in [0.5, 0.6) is 11.5 Å². The molecule has 0 saturated carbocycles. The molecule has 0 heterocycles. The molecule has 31 heavy (non-hydrogen) atoms. The van der Waals surface area contributed by atoms with Crippen LogP contribution in [0.1, 0.15) is 18.9 Å². The van der Waals surface area contributed by atoms with Crippen molar-refractivity contribution in [2.45, 2.75) is 30.7 Å². The standard InChI is InChI=1S/C22H31N3O4S.HI/c1-5-18(16-30(26,27)19-9-7-6-8-10-19)25-22(23-2)24-14-13-17-11-12-20(28-3)21(15-17)29-4;/h6-12,15,18H,5,13-14,16H2,1-4H3,(H2,23,24,25);1H. The van der Waals surface area contributed by atoms with Crippen LogP contribution in [0.3, 0.4) is 0 Å². The summed E-state index contributed by atoms with van der Waals surface area (Å²) in [6.45, 7) is 2.59. The van der Waals surface area contributed by atoms with Crippen LogP contribution < -0.4 is 20.1 Å². The molecule has 0 bridgehead atoms. The third-order valence-electron chi connectivity index (χ3n) is 4.73. The van der Waals surface area contributed by atoms with Crippen molar-refractivity contribution in [3.05, 3.63) is 54.1 Å². The summed E-state index contributed by atoms with van der Waals surface area (Å²) in [6.07, 6.45) is 1.41. The molecule has 0 aliphatic heterocycles. The van der Waals surface area contributed by atoms with E-state index in [1.165, 1.54) is 0 Å². The monoisotopic (exact) mass is 561 g/mol. The van der Waals surface area contributed by atoms with Crippen LogP contribution in [-0.2, 0) is 16.3 Å². The number of nitrogens with zero attached hydrogens (tertiary/aromatic N) is 1. The fourth-order valence-corrected chi connectivity index (χ4v) is 4.61. The van der Waals surface area contributed by atoms with E-state index in [-0.39, 0.29) is 35.8 Å². The number of benzene rings is 2. The molecule has 2 N–H and O–H groups in total. The van der Waals surface area contributed by atoms with E-state index < -0.39 is 9.84 Å². The highest BCUT2D eigenvalue weighted by Gasteiger charge is 2.20. The molecule has 0 spiro atoms. The van der Waals surface area contributed by atoms with Gasteiger partial charge in [0.05, 0.1) is 24.9 Å². The molecule has 1 atom stereocenters. The summed E-state index contributed by atoms with van der Waals surface area (Å²) >= 11 is 0. The third kappa shape index (κ3) is 8.21. The number of ether oxygens (including phenoxy) is 2. The van der Waals surface area contributed by atoms with Gasteiger partial charge >= 0.3 is 0 Å². The molecule has 0 saturated heterocycles. The number of rotatable bonds is 10. The number of methoxy groups -OCH3 is 2. The number of guanidine groups is 1. The first-order valence-corrected chi connectivity index (χ1v) is 11.5. The predicted molar refractivity (Wildman–Crippen MR) is 136 cm³/mol. The topological polar surface area (TPSA) is 89.0 Å². The highest BCUT2D eigenvalue weighted by atomic mass is 127. The second-order valence-corrected chi connectivity index (χ2v) is 8.82. The van der Waals surface area contributed by atoms with Gasteiger partial charge in [-0.3, -0.25) is 4.99 Å². The maximum absolute atomic E-state index is 12.7. The van der Waals surface area contributed by atoms with Gasteiger partial charge in [-0.25, -0.2) is 8.42 Å². The van der Waals surface area contributed by atoms with Gasteiger partial charge in [0.1, 0.15) is 0 Å². The zero-order valence-electron chi connectivity index (χ0n) is 18.4. The largest absolute Gasteiger partial charge is 0.493 e. The molecule has 0 aliphatic carbocycles. The molecule has 2 rings (SSSR count). The van der Waals surface area contributed by atoms with Crippen molar-refractivity contribution < 1.29 is 17.9 Å². The quantitative estimate of drug-likeness (QED) is 0.263. The molecule has 0 amide bonds. The highest BCUT2D eigenvalue weighted by Crippen LogP contribution is 2.27. The summed E-state index contributed by atoms with van der Waals surface area (Å²) in [4.78, 5) is 4.56. The highest BCUT2D eigenvalue weighted by molar-refractivity contribution is 14.0. The third-order valence-corrected chi connectivity index (χ3v) is 6.57. The lowest BCUT2D eigenvalue weighted by Crippen LogP contribution is -2.46. The molecule has 2 aromatic rings. The molecule has 0 aromatic heterocycles. The first kappa shape index (κ1) is 27.0. The van der Waals surface area contributed by atoms with Gasteiger partial charge in [0, 0.05) is 19.6 Å². The van der Waals surface area contributed by atoms with Crippen molar-refractivity contribution in [1.29, 1.82) is 0 Å². The van der Waals surface area contributed by atoms with Crippen LogP contribution >= 0.6 is 24.0 Å². The first-order valence-electron chi connectivity index (χ1n) is 9.89. The Bertz CT molecular complexity index is 937.